The summed E-state index contributed by atoms with van der Waals surface area (Å²) in [6.07, 6.45) is 0.390. The van der Waals surface area contributed by atoms with E-state index in [0.717, 1.165) is 0 Å². The number of hydrogen-bond donors (Lipinski definition) is 1. The molecule has 18 heavy (non-hydrogen) atoms. The van der Waals surface area contributed by atoms with E-state index in [-0.39, 0.29) is 28.1 Å². The summed E-state index contributed by atoms with van der Waals surface area (Å²) in [4.78, 5) is 0.0692. The molecule has 0 atom stereocenters. The average Bonchev–Trinajstić information content (AvgIpc) is 2.28. The zero-order valence-electron chi connectivity index (χ0n) is 9.94. The minimum Gasteiger partial charge on any atom is -0.396 e. The monoisotopic (exact) mass is 311 g/mol. The van der Waals surface area contributed by atoms with Crippen molar-refractivity contribution >= 4 is 33.2 Å². The van der Waals surface area contributed by atoms with E-state index in [9.17, 15) is 8.42 Å². The quantitative estimate of drug-likeness (QED) is 0.877. The first-order valence-electron chi connectivity index (χ1n) is 5.49. The van der Waals surface area contributed by atoms with Crippen molar-refractivity contribution in [1.82, 2.24) is 4.31 Å². The molecule has 0 aromatic heterocycles. The molecule has 1 aromatic rings. The van der Waals surface area contributed by atoms with Gasteiger partial charge in [0.25, 0.3) is 0 Å². The van der Waals surface area contributed by atoms with E-state index in [4.69, 9.17) is 28.3 Å². The minimum absolute atomic E-state index is 0.0533. The molecule has 0 amide bonds. The number of hydrogen-bond acceptors (Lipinski definition) is 3. The molecule has 0 spiro atoms. The fraction of sp³-hybridized carbons (Fsp3) is 0.455. The maximum Gasteiger partial charge on any atom is 0.243 e. The predicted molar refractivity (Wildman–Crippen MR) is 72.6 cm³/mol. The highest BCUT2D eigenvalue weighted by molar-refractivity contribution is 7.89. The van der Waals surface area contributed by atoms with Crippen molar-refractivity contribution in [2.75, 3.05) is 19.7 Å². The molecule has 0 aliphatic carbocycles. The lowest BCUT2D eigenvalue weighted by molar-refractivity contribution is 0.271. The lowest BCUT2D eigenvalue weighted by Gasteiger charge is -2.20. The molecule has 0 aliphatic heterocycles. The van der Waals surface area contributed by atoms with Gasteiger partial charge < -0.3 is 5.11 Å². The number of halogens is 2. The summed E-state index contributed by atoms with van der Waals surface area (Å²) in [6.45, 7) is 2.27. The fourth-order valence-corrected chi connectivity index (χ4v) is 3.74. The Bertz CT molecular complexity index is 485. The van der Waals surface area contributed by atoms with Gasteiger partial charge >= 0.3 is 0 Å². The molecule has 1 N–H and O–H groups in total. The van der Waals surface area contributed by atoms with Crippen LogP contribution in [0, 0.1) is 0 Å². The van der Waals surface area contributed by atoms with E-state index in [2.05, 4.69) is 0 Å². The van der Waals surface area contributed by atoms with E-state index in [1.54, 1.807) is 6.92 Å². The van der Waals surface area contributed by atoms with Crippen LogP contribution in [0.15, 0.2) is 23.1 Å². The van der Waals surface area contributed by atoms with Crippen molar-refractivity contribution < 1.29 is 13.5 Å². The summed E-state index contributed by atoms with van der Waals surface area (Å²) >= 11 is 11.6. The lowest BCUT2D eigenvalue weighted by atomic mass is 10.4. The van der Waals surface area contributed by atoms with Gasteiger partial charge in [-0.15, -0.1) is 0 Å². The second-order valence-electron chi connectivity index (χ2n) is 3.68. The summed E-state index contributed by atoms with van der Waals surface area (Å²) in [5.41, 5.74) is 0. The summed E-state index contributed by atoms with van der Waals surface area (Å²) in [6, 6.07) is 4.21. The Hall–Kier alpha value is -0.330. The summed E-state index contributed by atoms with van der Waals surface area (Å²) in [5.74, 6) is 0. The van der Waals surface area contributed by atoms with Gasteiger partial charge in [-0.05, 0) is 24.6 Å². The van der Waals surface area contributed by atoms with E-state index >= 15 is 0 Å². The van der Waals surface area contributed by atoms with Gasteiger partial charge in [0.05, 0.1) is 4.90 Å². The third kappa shape index (κ3) is 3.83. The lowest BCUT2D eigenvalue weighted by Crippen LogP contribution is -2.32. The molecule has 0 fully saturated rings. The molecule has 0 aliphatic rings. The first-order valence-corrected chi connectivity index (χ1v) is 7.68. The maximum atomic E-state index is 12.3. The molecule has 102 valence electrons. The number of aliphatic hydroxyl groups is 1. The second-order valence-corrected chi connectivity index (χ2v) is 6.49. The van der Waals surface area contributed by atoms with Crippen molar-refractivity contribution in [1.29, 1.82) is 0 Å². The van der Waals surface area contributed by atoms with Gasteiger partial charge in [0.15, 0.2) is 0 Å². The Morgan fingerprint density at radius 1 is 1.22 bits per heavy atom. The molecule has 0 heterocycles. The van der Waals surface area contributed by atoms with Crippen LogP contribution in [0.5, 0.6) is 0 Å². The minimum atomic E-state index is -3.62. The highest BCUT2D eigenvalue weighted by Crippen LogP contribution is 2.24. The molecule has 0 unspecified atom stereocenters. The van der Waals surface area contributed by atoms with Crippen LogP contribution in [-0.4, -0.2) is 37.5 Å². The molecular weight excluding hydrogens is 297 g/mol. The van der Waals surface area contributed by atoms with Crippen molar-refractivity contribution in [3.05, 3.63) is 28.2 Å². The van der Waals surface area contributed by atoms with E-state index in [1.807, 2.05) is 0 Å². The number of rotatable bonds is 6. The van der Waals surface area contributed by atoms with Crippen molar-refractivity contribution in [2.45, 2.75) is 18.2 Å². The zero-order valence-corrected chi connectivity index (χ0v) is 12.3. The van der Waals surface area contributed by atoms with Gasteiger partial charge in [-0.1, -0.05) is 30.1 Å². The molecule has 0 saturated heterocycles. The number of aliphatic hydroxyl groups excluding tert-OH is 1. The van der Waals surface area contributed by atoms with Crippen LogP contribution in [0.25, 0.3) is 0 Å². The van der Waals surface area contributed by atoms with Gasteiger partial charge in [-0.3, -0.25) is 0 Å². The topological polar surface area (TPSA) is 57.6 Å². The Balaban J connectivity index is 3.10. The van der Waals surface area contributed by atoms with Crippen LogP contribution in [0.3, 0.4) is 0 Å². The number of nitrogens with zero attached hydrogens (tertiary/aromatic N) is 1. The molecule has 0 bridgehead atoms. The highest BCUT2D eigenvalue weighted by Gasteiger charge is 2.23. The maximum absolute atomic E-state index is 12.3. The van der Waals surface area contributed by atoms with Crippen LogP contribution in [-0.2, 0) is 10.0 Å². The van der Waals surface area contributed by atoms with Crippen LogP contribution >= 0.6 is 23.2 Å². The Kier molecular flexibility index (Phi) is 5.88. The van der Waals surface area contributed by atoms with Crippen LogP contribution in [0.2, 0.25) is 10.0 Å². The zero-order chi connectivity index (χ0) is 13.8. The van der Waals surface area contributed by atoms with E-state index in [0.29, 0.717) is 13.0 Å². The Morgan fingerprint density at radius 2 is 1.78 bits per heavy atom. The number of benzene rings is 1. The van der Waals surface area contributed by atoms with Gasteiger partial charge in [-0.2, -0.15) is 4.31 Å². The molecule has 0 radical (unpaired) electrons. The third-order valence-electron chi connectivity index (χ3n) is 2.39. The van der Waals surface area contributed by atoms with Crippen LogP contribution in [0.1, 0.15) is 13.3 Å². The first kappa shape index (κ1) is 15.7. The standard InChI is InChI=1S/C11H15Cl2NO3S/c1-2-14(4-3-5-15)18(16,17)11-7-9(12)6-10(13)8-11/h6-8,15H,2-5H2,1H3. The Labute approximate surface area is 117 Å². The highest BCUT2D eigenvalue weighted by atomic mass is 35.5. The largest absolute Gasteiger partial charge is 0.396 e. The third-order valence-corrected chi connectivity index (χ3v) is 4.78. The van der Waals surface area contributed by atoms with Crippen molar-refractivity contribution in [2.24, 2.45) is 0 Å². The van der Waals surface area contributed by atoms with Gasteiger partial charge in [-0.25, -0.2) is 8.42 Å². The summed E-state index contributed by atoms with van der Waals surface area (Å²) < 4.78 is 25.9. The fourth-order valence-electron chi connectivity index (χ4n) is 1.52. The Morgan fingerprint density at radius 3 is 2.22 bits per heavy atom. The van der Waals surface area contributed by atoms with Crippen molar-refractivity contribution in [3.63, 3.8) is 0 Å². The summed E-state index contributed by atoms with van der Waals surface area (Å²) in [7, 11) is -3.62. The molecule has 7 heteroatoms. The first-order chi connectivity index (χ1) is 8.41. The van der Waals surface area contributed by atoms with Gasteiger partial charge in [0, 0.05) is 29.7 Å². The molecule has 0 saturated carbocycles. The SMILES string of the molecule is CCN(CCCO)S(=O)(=O)c1cc(Cl)cc(Cl)c1. The van der Waals surface area contributed by atoms with Gasteiger partial charge in [0.2, 0.25) is 10.0 Å². The average molecular weight is 312 g/mol. The second kappa shape index (κ2) is 6.73. The molecular formula is C11H15Cl2NO3S. The molecule has 1 aromatic carbocycles. The van der Waals surface area contributed by atoms with Crippen molar-refractivity contribution in [3.8, 4) is 0 Å². The normalized spacial score (nSPS) is 12.1. The van der Waals surface area contributed by atoms with E-state index in [1.165, 1.54) is 22.5 Å². The van der Waals surface area contributed by atoms with Crippen LogP contribution in [0.4, 0.5) is 0 Å². The predicted octanol–water partition coefficient (Wildman–Crippen LogP) is 2.39. The molecule has 4 nitrogen and oxygen atoms in total. The smallest absolute Gasteiger partial charge is 0.243 e. The van der Waals surface area contributed by atoms with Gasteiger partial charge in [0.1, 0.15) is 0 Å². The summed E-state index contributed by atoms with van der Waals surface area (Å²) in [5, 5.41) is 9.33. The van der Waals surface area contributed by atoms with Crippen LogP contribution < -0.4 is 0 Å². The molecule has 1 rings (SSSR count). The number of sulfonamides is 1. The van der Waals surface area contributed by atoms with E-state index < -0.39 is 10.0 Å².